The number of ether oxygens (including phenoxy) is 1. The van der Waals surface area contributed by atoms with Crippen LogP contribution in [-0.4, -0.2) is 7.11 Å². The smallest absolute Gasteiger partial charge is 0.364 e. The zero-order valence-electron chi connectivity index (χ0n) is 15.8. The van der Waals surface area contributed by atoms with Crippen LogP contribution < -0.4 is 4.74 Å². The van der Waals surface area contributed by atoms with Crippen molar-refractivity contribution in [3.05, 3.63) is 96.1 Å². The third-order valence-electron chi connectivity index (χ3n) is 5.45. The molecule has 0 fully saturated rings. The lowest BCUT2D eigenvalue weighted by molar-refractivity contribution is 0.415. The van der Waals surface area contributed by atoms with Gasteiger partial charge in [0.15, 0.2) is 0 Å². The normalized spacial score (nSPS) is 12.2. The minimum atomic E-state index is 0.867. The number of fused-ring (bicyclic) bond motifs is 3. The molecule has 136 valence electrons. The fourth-order valence-electron chi connectivity index (χ4n) is 4.00. The maximum Gasteiger partial charge on any atom is 0.364 e. The zero-order chi connectivity index (χ0) is 18.9. The molecule has 0 amide bonds. The highest BCUT2D eigenvalue weighted by Gasteiger charge is 2.31. The lowest BCUT2D eigenvalue weighted by Crippen LogP contribution is -2.06. The Kier molecular flexibility index (Phi) is 4.17. The standard InChI is InChI=1S/C26H21O2/c1-27-21-14-11-19(12-15-21)24-17-25(20-8-3-2-4-9-20)28-26-22-10-6-5-7-18(22)13-16-23(24)26/h2-12,14-15,17H,13,16H2,1H3/q+1. The van der Waals surface area contributed by atoms with E-state index in [1.807, 2.05) is 30.3 Å². The molecule has 0 radical (unpaired) electrons. The number of aryl methyl sites for hydroxylation is 1. The summed E-state index contributed by atoms with van der Waals surface area (Å²) in [5.74, 6) is 2.75. The number of methoxy groups -OCH3 is 1. The first-order chi connectivity index (χ1) is 13.8. The Morgan fingerprint density at radius 2 is 1.46 bits per heavy atom. The first-order valence-corrected chi connectivity index (χ1v) is 9.61. The van der Waals surface area contributed by atoms with Crippen molar-refractivity contribution in [3.63, 3.8) is 0 Å². The van der Waals surface area contributed by atoms with Crippen molar-refractivity contribution in [2.24, 2.45) is 0 Å². The van der Waals surface area contributed by atoms with Crippen LogP contribution in [0.15, 0.2) is 89.3 Å². The van der Waals surface area contributed by atoms with E-state index in [1.165, 1.54) is 27.8 Å². The predicted molar refractivity (Wildman–Crippen MR) is 113 cm³/mol. The highest BCUT2D eigenvalue weighted by molar-refractivity contribution is 5.81. The Morgan fingerprint density at radius 1 is 0.714 bits per heavy atom. The Bertz CT molecular complexity index is 1130. The van der Waals surface area contributed by atoms with Gasteiger partial charge < -0.3 is 4.74 Å². The first kappa shape index (κ1) is 16.8. The van der Waals surface area contributed by atoms with Gasteiger partial charge in [0.2, 0.25) is 0 Å². The Labute approximate surface area is 165 Å². The van der Waals surface area contributed by atoms with E-state index in [-0.39, 0.29) is 0 Å². The van der Waals surface area contributed by atoms with Crippen LogP contribution >= 0.6 is 0 Å². The molecule has 0 bridgehead atoms. The number of benzene rings is 3. The molecule has 0 spiro atoms. The van der Waals surface area contributed by atoms with Crippen LogP contribution in [0, 0.1) is 0 Å². The molecule has 1 aliphatic rings. The van der Waals surface area contributed by atoms with Crippen LogP contribution in [0.2, 0.25) is 0 Å². The summed E-state index contributed by atoms with van der Waals surface area (Å²) in [6, 6.07) is 29.4. The summed E-state index contributed by atoms with van der Waals surface area (Å²) in [6.45, 7) is 0. The molecule has 0 unspecified atom stereocenters. The molecule has 2 heteroatoms. The van der Waals surface area contributed by atoms with Crippen LogP contribution in [0.5, 0.6) is 5.75 Å². The van der Waals surface area contributed by atoms with Crippen molar-refractivity contribution in [2.45, 2.75) is 12.8 Å². The Morgan fingerprint density at radius 3 is 2.25 bits per heavy atom. The predicted octanol–water partition coefficient (Wildman–Crippen LogP) is 6.67. The third-order valence-corrected chi connectivity index (χ3v) is 5.45. The molecule has 28 heavy (non-hydrogen) atoms. The van der Waals surface area contributed by atoms with Crippen molar-refractivity contribution < 1.29 is 9.15 Å². The molecule has 0 saturated carbocycles. The van der Waals surface area contributed by atoms with Gasteiger partial charge in [0.05, 0.1) is 29.9 Å². The maximum absolute atomic E-state index is 6.49. The van der Waals surface area contributed by atoms with Crippen LogP contribution in [0.25, 0.3) is 33.8 Å². The van der Waals surface area contributed by atoms with Gasteiger partial charge in [-0.05, 0) is 54.3 Å². The van der Waals surface area contributed by atoms with Gasteiger partial charge in [0.1, 0.15) is 5.75 Å². The average molecular weight is 365 g/mol. The summed E-state index contributed by atoms with van der Waals surface area (Å²) in [7, 11) is 1.70. The van der Waals surface area contributed by atoms with Crippen molar-refractivity contribution in [3.8, 4) is 39.5 Å². The lowest BCUT2D eigenvalue weighted by Gasteiger charge is -2.16. The third kappa shape index (κ3) is 2.87. The van der Waals surface area contributed by atoms with Gasteiger partial charge in [-0.15, -0.1) is 0 Å². The SMILES string of the molecule is COc1ccc(-c2cc(-c3ccccc3)[o+]c3c2CCc2ccccc2-3)cc1. The molecule has 5 rings (SSSR count). The maximum atomic E-state index is 6.49. The summed E-state index contributed by atoms with van der Waals surface area (Å²) in [5, 5.41) is 0. The van der Waals surface area contributed by atoms with Gasteiger partial charge in [0.25, 0.3) is 0 Å². The second kappa shape index (κ2) is 6.97. The van der Waals surface area contributed by atoms with Crippen LogP contribution in [-0.2, 0) is 12.8 Å². The summed E-state index contributed by atoms with van der Waals surface area (Å²) >= 11 is 0. The molecule has 3 aromatic carbocycles. The van der Waals surface area contributed by atoms with Gasteiger partial charge in [-0.2, -0.15) is 0 Å². The van der Waals surface area contributed by atoms with Crippen molar-refractivity contribution in [1.82, 2.24) is 0 Å². The van der Waals surface area contributed by atoms with Gasteiger partial charge in [-0.3, -0.25) is 0 Å². The van der Waals surface area contributed by atoms with E-state index in [0.29, 0.717) is 0 Å². The highest BCUT2D eigenvalue weighted by atomic mass is 16.5. The molecule has 0 N–H and O–H groups in total. The molecule has 1 aliphatic carbocycles. The molecule has 4 aromatic rings. The zero-order valence-corrected chi connectivity index (χ0v) is 15.8. The van der Waals surface area contributed by atoms with E-state index in [9.17, 15) is 0 Å². The second-order valence-electron chi connectivity index (χ2n) is 7.08. The van der Waals surface area contributed by atoms with E-state index < -0.39 is 0 Å². The fraction of sp³-hybridized carbons (Fsp3) is 0.115. The van der Waals surface area contributed by atoms with E-state index >= 15 is 0 Å². The Hall–Kier alpha value is -3.39. The Balaban J connectivity index is 1.76. The molecule has 1 aromatic heterocycles. The van der Waals surface area contributed by atoms with Gasteiger partial charge in [-0.1, -0.05) is 48.5 Å². The van der Waals surface area contributed by atoms with Crippen molar-refractivity contribution in [1.29, 1.82) is 0 Å². The molecule has 0 atom stereocenters. The summed E-state index contributed by atoms with van der Waals surface area (Å²) in [4.78, 5) is 0. The summed E-state index contributed by atoms with van der Waals surface area (Å²) < 4.78 is 11.8. The molecule has 0 aliphatic heterocycles. The minimum absolute atomic E-state index is 0.867. The van der Waals surface area contributed by atoms with Crippen molar-refractivity contribution in [2.75, 3.05) is 7.11 Å². The minimum Gasteiger partial charge on any atom is -0.497 e. The van der Waals surface area contributed by atoms with E-state index in [2.05, 4.69) is 54.6 Å². The van der Waals surface area contributed by atoms with Crippen LogP contribution in [0.1, 0.15) is 11.1 Å². The van der Waals surface area contributed by atoms with E-state index in [4.69, 9.17) is 9.15 Å². The first-order valence-electron chi connectivity index (χ1n) is 9.61. The average Bonchev–Trinajstić information content (AvgIpc) is 2.79. The fourth-order valence-corrected chi connectivity index (χ4v) is 4.00. The largest absolute Gasteiger partial charge is 0.497 e. The van der Waals surface area contributed by atoms with Gasteiger partial charge in [0, 0.05) is 5.56 Å². The topological polar surface area (TPSA) is 20.5 Å². The number of hydrogen-bond donors (Lipinski definition) is 0. The quantitative estimate of drug-likeness (QED) is 0.378. The van der Waals surface area contributed by atoms with Crippen LogP contribution in [0.3, 0.4) is 0 Å². The highest BCUT2D eigenvalue weighted by Crippen LogP contribution is 2.42. The lowest BCUT2D eigenvalue weighted by atomic mass is 9.85. The molecular weight excluding hydrogens is 344 g/mol. The molecular formula is C26H21O2+. The van der Waals surface area contributed by atoms with Gasteiger partial charge in [-0.25, -0.2) is 4.42 Å². The molecule has 0 saturated heterocycles. The van der Waals surface area contributed by atoms with E-state index in [1.54, 1.807) is 7.11 Å². The monoisotopic (exact) mass is 365 g/mol. The molecule has 2 nitrogen and oxygen atoms in total. The summed E-state index contributed by atoms with van der Waals surface area (Å²) in [6.07, 6.45) is 2.01. The van der Waals surface area contributed by atoms with Crippen LogP contribution in [0.4, 0.5) is 0 Å². The molecule has 1 heterocycles. The second-order valence-corrected chi connectivity index (χ2v) is 7.08. The number of rotatable bonds is 3. The van der Waals surface area contributed by atoms with E-state index in [0.717, 1.165) is 35.7 Å². The number of hydrogen-bond acceptors (Lipinski definition) is 1. The van der Waals surface area contributed by atoms with Gasteiger partial charge >= 0.3 is 11.5 Å². The van der Waals surface area contributed by atoms with Crippen molar-refractivity contribution >= 4 is 0 Å². The summed E-state index contributed by atoms with van der Waals surface area (Å²) in [5.41, 5.74) is 7.34.